The van der Waals surface area contributed by atoms with E-state index in [0.717, 1.165) is 37.8 Å². The van der Waals surface area contributed by atoms with Crippen LogP contribution in [-0.2, 0) is 20.7 Å². The van der Waals surface area contributed by atoms with Crippen LogP contribution >= 0.6 is 0 Å². The summed E-state index contributed by atoms with van der Waals surface area (Å²) in [5.74, 6) is 0.0753. The van der Waals surface area contributed by atoms with Crippen molar-refractivity contribution in [2.45, 2.75) is 32.1 Å². The number of aromatic nitrogens is 1. The standard InChI is InChI=1S/C19H29N3O3/c1-21(2)18(24)19(10-6-9-16-8-4-5-12-20-16)11-7-13-22(15-19)17(23)14-25-3/h4-5,8,12H,6-7,9-11,13-15H2,1-3H3/t19-/m0/s1. The minimum atomic E-state index is -0.500. The molecule has 1 atom stereocenters. The summed E-state index contributed by atoms with van der Waals surface area (Å²) < 4.78 is 4.98. The fourth-order valence-electron chi connectivity index (χ4n) is 3.67. The number of piperidine rings is 1. The molecular formula is C19H29N3O3. The van der Waals surface area contributed by atoms with Gasteiger partial charge in [-0.1, -0.05) is 6.07 Å². The van der Waals surface area contributed by atoms with Gasteiger partial charge in [-0.05, 0) is 44.2 Å². The Kier molecular flexibility index (Phi) is 6.93. The topological polar surface area (TPSA) is 62.7 Å². The Balaban J connectivity index is 2.08. The lowest BCUT2D eigenvalue weighted by atomic mass is 9.74. The van der Waals surface area contributed by atoms with E-state index in [-0.39, 0.29) is 18.4 Å². The molecule has 1 saturated heterocycles. The Morgan fingerprint density at radius 1 is 1.36 bits per heavy atom. The summed E-state index contributed by atoms with van der Waals surface area (Å²) in [5, 5.41) is 0. The lowest BCUT2D eigenvalue weighted by molar-refractivity contribution is -0.149. The number of hydrogen-bond donors (Lipinski definition) is 0. The van der Waals surface area contributed by atoms with Crippen molar-refractivity contribution in [3.05, 3.63) is 30.1 Å². The van der Waals surface area contributed by atoms with Crippen molar-refractivity contribution in [3.63, 3.8) is 0 Å². The number of likely N-dealkylation sites (tertiary alicyclic amines) is 1. The molecule has 138 valence electrons. The fourth-order valence-corrected chi connectivity index (χ4v) is 3.67. The summed E-state index contributed by atoms with van der Waals surface area (Å²) in [6, 6.07) is 5.89. The van der Waals surface area contributed by atoms with Gasteiger partial charge in [0.05, 0.1) is 5.41 Å². The molecule has 2 rings (SSSR count). The molecule has 25 heavy (non-hydrogen) atoms. The van der Waals surface area contributed by atoms with Gasteiger partial charge in [0.15, 0.2) is 0 Å². The van der Waals surface area contributed by atoms with Crippen molar-refractivity contribution in [2.75, 3.05) is 40.9 Å². The third-order valence-corrected chi connectivity index (χ3v) is 4.87. The molecule has 0 aliphatic carbocycles. The quantitative estimate of drug-likeness (QED) is 0.754. The van der Waals surface area contributed by atoms with Gasteiger partial charge in [0.1, 0.15) is 6.61 Å². The number of rotatable bonds is 7. The molecule has 1 aromatic heterocycles. The molecule has 0 bridgehead atoms. The van der Waals surface area contributed by atoms with Crippen LogP contribution in [0.5, 0.6) is 0 Å². The van der Waals surface area contributed by atoms with Crippen LogP contribution in [0.4, 0.5) is 0 Å². The molecule has 0 N–H and O–H groups in total. The molecule has 2 heterocycles. The van der Waals surface area contributed by atoms with E-state index in [1.165, 1.54) is 7.11 Å². The number of carbonyl (C=O) groups excluding carboxylic acids is 2. The maximum atomic E-state index is 12.9. The predicted octanol–water partition coefficient (Wildman–Crippen LogP) is 1.75. The number of aryl methyl sites for hydroxylation is 1. The van der Waals surface area contributed by atoms with Gasteiger partial charge >= 0.3 is 0 Å². The zero-order chi connectivity index (χ0) is 18.3. The van der Waals surface area contributed by atoms with Gasteiger partial charge in [0, 0.05) is 46.2 Å². The van der Waals surface area contributed by atoms with Crippen LogP contribution in [0, 0.1) is 5.41 Å². The summed E-state index contributed by atoms with van der Waals surface area (Å²) in [5.41, 5.74) is 0.540. The van der Waals surface area contributed by atoms with Gasteiger partial charge < -0.3 is 14.5 Å². The fraction of sp³-hybridized carbons (Fsp3) is 0.632. The van der Waals surface area contributed by atoms with Crippen molar-refractivity contribution >= 4 is 11.8 Å². The Morgan fingerprint density at radius 3 is 2.80 bits per heavy atom. The number of amides is 2. The van der Waals surface area contributed by atoms with E-state index >= 15 is 0 Å². The largest absolute Gasteiger partial charge is 0.375 e. The third kappa shape index (κ3) is 5.01. The minimum absolute atomic E-state index is 0.0390. The van der Waals surface area contributed by atoms with Crippen molar-refractivity contribution in [2.24, 2.45) is 5.41 Å². The van der Waals surface area contributed by atoms with Gasteiger partial charge in [0.2, 0.25) is 11.8 Å². The number of hydrogen-bond acceptors (Lipinski definition) is 4. The highest BCUT2D eigenvalue weighted by Gasteiger charge is 2.43. The zero-order valence-corrected chi connectivity index (χ0v) is 15.5. The van der Waals surface area contributed by atoms with E-state index in [9.17, 15) is 9.59 Å². The van der Waals surface area contributed by atoms with E-state index in [1.54, 1.807) is 30.1 Å². The Hall–Kier alpha value is -1.95. The van der Waals surface area contributed by atoms with Gasteiger partial charge in [-0.2, -0.15) is 0 Å². The van der Waals surface area contributed by atoms with Crippen molar-refractivity contribution < 1.29 is 14.3 Å². The molecule has 0 spiro atoms. The first-order valence-electron chi connectivity index (χ1n) is 8.87. The second-order valence-corrected chi connectivity index (χ2v) is 7.01. The Labute approximate surface area is 150 Å². The third-order valence-electron chi connectivity index (χ3n) is 4.87. The summed E-state index contributed by atoms with van der Waals surface area (Å²) in [7, 11) is 5.10. The first-order valence-corrected chi connectivity index (χ1v) is 8.87. The minimum Gasteiger partial charge on any atom is -0.375 e. The molecule has 1 aliphatic rings. The monoisotopic (exact) mass is 347 g/mol. The molecule has 1 aromatic rings. The van der Waals surface area contributed by atoms with E-state index < -0.39 is 5.41 Å². The van der Waals surface area contributed by atoms with Gasteiger partial charge in [-0.25, -0.2) is 0 Å². The second-order valence-electron chi connectivity index (χ2n) is 7.01. The van der Waals surface area contributed by atoms with Gasteiger partial charge in [-0.15, -0.1) is 0 Å². The van der Waals surface area contributed by atoms with Crippen LogP contribution in [0.25, 0.3) is 0 Å². The summed E-state index contributed by atoms with van der Waals surface area (Å²) in [6.45, 7) is 1.25. The summed E-state index contributed by atoms with van der Waals surface area (Å²) in [6.07, 6.45) is 5.94. The number of methoxy groups -OCH3 is 1. The maximum Gasteiger partial charge on any atom is 0.248 e. The molecule has 0 radical (unpaired) electrons. The second kappa shape index (κ2) is 8.94. The molecule has 0 aromatic carbocycles. The van der Waals surface area contributed by atoms with Crippen LogP contribution in [-0.4, -0.2) is 67.5 Å². The van der Waals surface area contributed by atoms with Crippen molar-refractivity contribution in [1.82, 2.24) is 14.8 Å². The smallest absolute Gasteiger partial charge is 0.248 e. The zero-order valence-electron chi connectivity index (χ0n) is 15.5. The Bertz CT molecular complexity index is 577. The van der Waals surface area contributed by atoms with E-state index in [0.29, 0.717) is 13.1 Å². The van der Waals surface area contributed by atoms with Crippen LogP contribution in [0.1, 0.15) is 31.4 Å². The van der Waals surface area contributed by atoms with Crippen molar-refractivity contribution in [3.8, 4) is 0 Å². The molecule has 0 unspecified atom stereocenters. The van der Waals surface area contributed by atoms with E-state index in [1.807, 2.05) is 18.2 Å². The van der Waals surface area contributed by atoms with Crippen molar-refractivity contribution in [1.29, 1.82) is 0 Å². The first kappa shape index (κ1) is 19.4. The molecule has 2 amide bonds. The lowest BCUT2D eigenvalue weighted by Gasteiger charge is -2.43. The normalized spacial score (nSPS) is 20.4. The lowest BCUT2D eigenvalue weighted by Crippen LogP contribution is -2.53. The van der Waals surface area contributed by atoms with Crippen LogP contribution in [0.2, 0.25) is 0 Å². The highest BCUT2D eigenvalue weighted by molar-refractivity contribution is 5.84. The Morgan fingerprint density at radius 2 is 2.16 bits per heavy atom. The highest BCUT2D eigenvalue weighted by atomic mass is 16.5. The number of nitrogens with zero attached hydrogens (tertiary/aromatic N) is 3. The summed E-state index contributed by atoms with van der Waals surface area (Å²) in [4.78, 5) is 33.0. The molecule has 6 heteroatoms. The SMILES string of the molecule is COCC(=O)N1CCC[C@](CCCc2ccccn2)(C(=O)N(C)C)C1. The van der Waals surface area contributed by atoms with Gasteiger partial charge in [-0.3, -0.25) is 14.6 Å². The number of carbonyl (C=O) groups is 2. The van der Waals surface area contributed by atoms with Crippen LogP contribution < -0.4 is 0 Å². The number of pyridine rings is 1. The maximum absolute atomic E-state index is 12.9. The number of ether oxygens (including phenoxy) is 1. The van der Waals surface area contributed by atoms with Crippen LogP contribution in [0.15, 0.2) is 24.4 Å². The van der Waals surface area contributed by atoms with E-state index in [2.05, 4.69) is 4.98 Å². The molecular weight excluding hydrogens is 318 g/mol. The average Bonchev–Trinajstić information content (AvgIpc) is 2.62. The highest BCUT2D eigenvalue weighted by Crippen LogP contribution is 2.36. The molecule has 1 fully saturated rings. The first-order chi connectivity index (χ1) is 12.0. The van der Waals surface area contributed by atoms with E-state index in [4.69, 9.17) is 4.74 Å². The van der Waals surface area contributed by atoms with Gasteiger partial charge in [0.25, 0.3) is 0 Å². The summed E-state index contributed by atoms with van der Waals surface area (Å²) >= 11 is 0. The predicted molar refractivity (Wildman–Crippen MR) is 96.0 cm³/mol. The molecule has 0 saturated carbocycles. The van der Waals surface area contributed by atoms with Crippen LogP contribution in [0.3, 0.4) is 0 Å². The average molecular weight is 347 g/mol. The molecule has 6 nitrogen and oxygen atoms in total. The molecule has 1 aliphatic heterocycles.